The van der Waals surface area contributed by atoms with Gasteiger partial charge in [0.05, 0.1) is 20.1 Å². The molecule has 2 aliphatic rings. The number of carbonyl (C=O) groups excluding carboxylic acids is 1. The van der Waals surface area contributed by atoms with Crippen LogP contribution in [-0.4, -0.2) is 70.9 Å². The van der Waals surface area contributed by atoms with Crippen LogP contribution in [0.3, 0.4) is 0 Å². The fourth-order valence-electron chi connectivity index (χ4n) is 4.35. The van der Waals surface area contributed by atoms with Crippen LogP contribution in [0.5, 0.6) is 17.2 Å². The highest BCUT2D eigenvalue weighted by atomic mass is 16.5. The summed E-state index contributed by atoms with van der Waals surface area (Å²) in [4.78, 5) is 17.5. The van der Waals surface area contributed by atoms with Gasteiger partial charge < -0.3 is 24.4 Å². The molecule has 7 heteroatoms. The first-order valence-electron chi connectivity index (χ1n) is 11.3. The van der Waals surface area contributed by atoms with Crippen molar-refractivity contribution in [1.82, 2.24) is 10.2 Å². The molecule has 1 fully saturated rings. The predicted octanol–water partition coefficient (Wildman–Crippen LogP) is 2.58. The molecule has 0 aliphatic carbocycles. The number of rotatable bonds is 8. The van der Waals surface area contributed by atoms with Crippen LogP contribution in [0.2, 0.25) is 0 Å². The van der Waals surface area contributed by atoms with Crippen LogP contribution in [0.4, 0.5) is 5.69 Å². The van der Waals surface area contributed by atoms with Gasteiger partial charge in [0.15, 0.2) is 0 Å². The molecule has 1 atom stereocenters. The van der Waals surface area contributed by atoms with Crippen molar-refractivity contribution in [3.8, 4) is 17.2 Å². The van der Waals surface area contributed by atoms with E-state index in [1.165, 1.54) is 5.69 Å². The van der Waals surface area contributed by atoms with Crippen molar-refractivity contribution in [2.75, 3.05) is 65.0 Å². The van der Waals surface area contributed by atoms with Gasteiger partial charge in [-0.3, -0.25) is 9.69 Å². The highest BCUT2D eigenvalue weighted by molar-refractivity contribution is 5.79. The van der Waals surface area contributed by atoms with E-state index in [0.717, 1.165) is 62.0 Å². The second-order valence-electron chi connectivity index (χ2n) is 8.36. The fraction of sp³-hybridized carbons (Fsp3) is 0.480. The van der Waals surface area contributed by atoms with E-state index in [2.05, 4.69) is 27.2 Å². The van der Waals surface area contributed by atoms with Gasteiger partial charge in [0, 0.05) is 38.4 Å². The zero-order valence-electron chi connectivity index (χ0n) is 19.0. The van der Waals surface area contributed by atoms with Crippen LogP contribution in [-0.2, 0) is 11.2 Å². The van der Waals surface area contributed by atoms with Gasteiger partial charge >= 0.3 is 0 Å². The van der Waals surface area contributed by atoms with Crippen molar-refractivity contribution in [1.29, 1.82) is 0 Å². The summed E-state index contributed by atoms with van der Waals surface area (Å²) >= 11 is 0. The van der Waals surface area contributed by atoms with Gasteiger partial charge in [-0.1, -0.05) is 0 Å². The van der Waals surface area contributed by atoms with Crippen LogP contribution in [0.15, 0.2) is 42.5 Å². The number of piperazine rings is 1. The van der Waals surface area contributed by atoms with E-state index in [-0.39, 0.29) is 11.8 Å². The lowest BCUT2D eigenvalue weighted by Gasteiger charge is -2.36. The molecule has 0 bridgehead atoms. The normalized spacial score (nSPS) is 18.4. The maximum atomic E-state index is 12.6. The molecule has 0 unspecified atom stereocenters. The van der Waals surface area contributed by atoms with E-state index in [9.17, 15) is 4.79 Å². The molecule has 1 amide bonds. The number of methoxy groups -OCH3 is 2. The minimum absolute atomic E-state index is 0.0720. The summed E-state index contributed by atoms with van der Waals surface area (Å²) in [6.45, 7) is 6.22. The average Bonchev–Trinajstić information content (AvgIpc) is 2.86. The van der Waals surface area contributed by atoms with Crippen LogP contribution < -0.4 is 24.4 Å². The van der Waals surface area contributed by atoms with Crippen molar-refractivity contribution in [2.24, 2.45) is 5.92 Å². The fourth-order valence-corrected chi connectivity index (χ4v) is 4.35. The first-order valence-corrected chi connectivity index (χ1v) is 11.3. The minimum atomic E-state index is -0.150. The summed E-state index contributed by atoms with van der Waals surface area (Å²) in [6.07, 6.45) is 1.64. The SMILES string of the molecule is COc1ccc(N2CCN(CCCNC(=O)[C@@H]3COc4ccc(OC)cc4C3)CC2)cc1. The third kappa shape index (κ3) is 5.46. The molecule has 0 radical (unpaired) electrons. The highest BCUT2D eigenvalue weighted by Gasteiger charge is 2.26. The van der Waals surface area contributed by atoms with E-state index >= 15 is 0 Å². The minimum Gasteiger partial charge on any atom is -0.497 e. The van der Waals surface area contributed by atoms with Gasteiger partial charge in [-0.25, -0.2) is 0 Å². The topological polar surface area (TPSA) is 63.3 Å². The van der Waals surface area contributed by atoms with Crippen LogP contribution in [0.1, 0.15) is 12.0 Å². The monoisotopic (exact) mass is 439 g/mol. The predicted molar refractivity (Wildman–Crippen MR) is 125 cm³/mol. The Hall–Kier alpha value is -2.93. The summed E-state index contributed by atoms with van der Waals surface area (Å²) in [5, 5.41) is 3.10. The highest BCUT2D eigenvalue weighted by Crippen LogP contribution is 2.30. The summed E-state index contributed by atoms with van der Waals surface area (Å²) in [5.41, 5.74) is 2.28. The van der Waals surface area contributed by atoms with Crippen molar-refractivity contribution in [2.45, 2.75) is 12.8 Å². The molecule has 0 spiro atoms. The van der Waals surface area contributed by atoms with Gasteiger partial charge in [0.2, 0.25) is 5.91 Å². The Morgan fingerprint density at radius 3 is 2.47 bits per heavy atom. The summed E-state index contributed by atoms with van der Waals surface area (Å²) < 4.78 is 16.3. The van der Waals surface area contributed by atoms with E-state index in [0.29, 0.717) is 19.6 Å². The van der Waals surface area contributed by atoms with Gasteiger partial charge in [0.25, 0.3) is 0 Å². The quantitative estimate of drug-likeness (QED) is 0.638. The molecule has 2 heterocycles. The van der Waals surface area contributed by atoms with E-state index < -0.39 is 0 Å². The maximum absolute atomic E-state index is 12.6. The summed E-state index contributed by atoms with van der Waals surface area (Å²) in [6, 6.07) is 14.0. The number of hydrogen-bond donors (Lipinski definition) is 1. The molecule has 2 aliphatic heterocycles. The third-order valence-electron chi connectivity index (χ3n) is 6.30. The number of anilines is 1. The summed E-state index contributed by atoms with van der Waals surface area (Å²) in [5.74, 6) is 2.45. The van der Waals surface area contributed by atoms with Gasteiger partial charge in [-0.2, -0.15) is 0 Å². The Morgan fingerprint density at radius 2 is 1.75 bits per heavy atom. The number of nitrogens with zero attached hydrogens (tertiary/aromatic N) is 2. The van der Waals surface area contributed by atoms with Gasteiger partial charge in [0.1, 0.15) is 23.9 Å². The standard InChI is InChI=1S/C25H33N3O4/c1-30-22-6-4-21(5-7-22)28-14-12-27(13-15-28)11-3-10-26-25(29)20-16-19-17-23(31-2)8-9-24(19)32-18-20/h4-9,17,20H,3,10-16,18H2,1-2H3,(H,26,29)/t20-/m0/s1. The number of amides is 1. The number of carbonyl (C=O) groups is 1. The van der Waals surface area contributed by atoms with Gasteiger partial charge in [-0.15, -0.1) is 0 Å². The molecule has 2 aromatic rings. The van der Waals surface area contributed by atoms with Crippen LogP contribution >= 0.6 is 0 Å². The Labute approximate surface area is 190 Å². The van der Waals surface area contributed by atoms with Crippen molar-refractivity contribution < 1.29 is 19.0 Å². The number of benzene rings is 2. The molecule has 1 N–H and O–H groups in total. The second kappa shape index (κ2) is 10.6. The zero-order chi connectivity index (χ0) is 22.3. The molecular weight excluding hydrogens is 406 g/mol. The van der Waals surface area contributed by atoms with Gasteiger partial charge in [-0.05, 0) is 67.4 Å². The molecule has 32 heavy (non-hydrogen) atoms. The number of fused-ring (bicyclic) bond motifs is 1. The Morgan fingerprint density at radius 1 is 1.03 bits per heavy atom. The Kier molecular flexibility index (Phi) is 7.37. The van der Waals surface area contributed by atoms with E-state index in [1.807, 2.05) is 30.3 Å². The molecular formula is C25H33N3O4. The molecule has 172 valence electrons. The maximum Gasteiger partial charge on any atom is 0.226 e. The zero-order valence-corrected chi connectivity index (χ0v) is 19.0. The molecule has 1 saturated heterocycles. The Bertz CT molecular complexity index is 895. The largest absolute Gasteiger partial charge is 0.497 e. The average molecular weight is 440 g/mol. The first-order chi connectivity index (χ1) is 15.7. The molecule has 0 aromatic heterocycles. The van der Waals surface area contributed by atoms with E-state index in [1.54, 1.807) is 14.2 Å². The second-order valence-corrected chi connectivity index (χ2v) is 8.36. The van der Waals surface area contributed by atoms with Crippen LogP contribution in [0.25, 0.3) is 0 Å². The molecule has 0 saturated carbocycles. The lowest BCUT2D eigenvalue weighted by atomic mass is 9.96. The lowest BCUT2D eigenvalue weighted by molar-refractivity contribution is -0.126. The third-order valence-corrected chi connectivity index (χ3v) is 6.30. The Balaban J connectivity index is 1.15. The number of hydrogen-bond acceptors (Lipinski definition) is 6. The van der Waals surface area contributed by atoms with Crippen molar-refractivity contribution >= 4 is 11.6 Å². The lowest BCUT2D eigenvalue weighted by Crippen LogP contribution is -2.47. The first kappa shape index (κ1) is 22.3. The summed E-state index contributed by atoms with van der Waals surface area (Å²) in [7, 11) is 3.34. The number of nitrogens with one attached hydrogen (secondary N) is 1. The van der Waals surface area contributed by atoms with Crippen molar-refractivity contribution in [3.63, 3.8) is 0 Å². The molecule has 4 rings (SSSR count). The number of ether oxygens (including phenoxy) is 3. The molecule has 2 aromatic carbocycles. The van der Waals surface area contributed by atoms with Crippen molar-refractivity contribution in [3.05, 3.63) is 48.0 Å². The van der Waals surface area contributed by atoms with Crippen LogP contribution in [0, 0.1) is 5.92 Å². The molecule has 7 nitrogen and oxygen atoms in total. The smallest absolute Gasteiger partial charge is 0.226 e. The van der Waals surface area contributed by atoms with E-state index in [4.69, 9.17) is 14.2 Å².